The molecule has 2 aromatic rings. The zero-order chi connectivity index (χ0) is 28.6. The lowest BCUT2D eigenvalue weighted by Crippen LogP contribution is -2.44. The Hall–Kier alpha value is -3.40. The van der Waals surface area contributed by atoms with Crippen LogP contribution >= 0.6 is 0 Å². The number of hydrogen-bond donors (Lipinski definition) is 1. The molecule has 0 saturated carbocycles. The molecule has 0 atom stereocenters. The second kappa shape index (κ2) is 9.06. The van der Waals surface area contributed by atoms with E-state index >= 15 is 0 Å². The Morgan fingerprint density at radius 2 is 1.38 bits per heavy atom. The number of carbonyl (C=O) groups excluding carboxylic acids is 2. The van der Waals surface area contributed by atoms with Crippen LogP contribution in [-0.2, 0) is 16.1 Å². The summed E-state index contributed by atoms with van der Waals surface area (Å²) in [5.41, 5.74) is 9.25. The molecule has 40 heavy (non-hydrogen) atoms. The van der Waals surface area contributed by atoms with Crippen LogP contribution in [0.2, 0.25) is 0 Å². The normalized spacial score (nSPS) is 23.3. The topological polar surface area (TPSA) is 49.4 Å². The van der Waals surface area contributed by atoms with Crippen LogP contribution < -0.4 is 10.2 Å². The molecule has 2 heterocycles. The van der Waals surface area contributed by atoms with E-state index in [1.165, 1.54) is 22.4 Å². The summed E-state index contributed by atoms with van der Waals surface area (Å²) in [5, 5.41) is 3.64. The Labute approximate surface area is 239 Å². The smallest absolute Gasteiger partial charge is 0.162 e. The minimum atomic E-state index is -0.311. The summed E-state index contributed by atoms with van der Waals surface area (Å²) < 4.78 is 0. The Morgan fingerprint density at radius 3 is 1.95 bits per heavy atom. The van der Waals surface area contributed by atoms with E-state index in [0.29, 0.717) is 12.8 Å². The van der Waals surface area contributed by atoms with E-state index in [4.69, 9.17) is 0 Å². The van der Waals surface area contributed by atoms with E-state index < -0.39 is 0 Å². The maximum Gasteiger partial charge on any atom is 0.162 e. The number of ketones is 2. The molecule has 0 fully saturated rings. The van der Waals surface area contributed by atoms with Gasteiger partial charge in [0.25, 0.3) is 0 Å². The van der Waals surface area contributed by atoms with Crippen molar-refractivity contribution < 1.29 is 9.59 Å². The van der Waals surface area contributed by atoms with E-state index in [9.17, 15) is 9.59 Å². The van der Waals surface area contributed by atoms with Crippen LogP contribution in [0.3, 0.4) is 0 Å². The van der Waals surface area contributed by atoms with E-state index in [2.05, 4.69) is 113 Å². The van der Waals surface area contributed by atoms with Gasteiger partial charge in [-0.15, -0.1) is 0 Å². The minimum absolute atomic E-state index is 0.0988. The molecule has 0 bridgehead atoms. The summed E-state index contributed by atoms with van der Waals surface area (Å²) in [4.78, 5) is 30.0. The number of fused-ring (bicyclic) bond motifs is 1. The summed E-state index contributed by atoms with van der Waals surface area (Å²) in [6.45, 7) is 16.2. The van der Waals surface area contributed by atoms with Crippen molar-refractivity contribution in [3.8, 4) is 0 Å². The van der Waals surface area contributed by atoms with Crippen molar-refractivity contribution >= 4 is 22.8 Å². The fourth-order valence-electron chi connectivity index (χ4n) is 7.56. The number of hydrogen-bond acceptors (Lipinski definition) is 4. The first kappa shape index (κ1) is 26.8. The van der Waals surface area contributed by atoms with Crippen molar-refractivity contribution in [2.45, 2.75) is 92.2 Å². The van der Waals surface area contributed by atoms with Crippen molar-refractivity contribution in [3.63, 3.8) is 0 Å². The second-order valence-corrected chi connectivity index (χ2v) is 14.6. The van der Waals surface area contributed by atoms with Gasteiger partial charge in [-0.25, -0.2) is 0 Å². The number of nitrogens with zero attached hydrogens (tertiary/aromatic N) is 1. The van der Waals surface area contributed by atoms with Gasteiger partial charge in [0.15, 0.2) is 11.6 Å². The van der Waals surface area contributed by atoms with Gasteiger partial charge in [-0.2, -0.15) is 0 Å². The fourth-order valence-corrected chi connectivity index (χ4v) is 7.56. The van der Waals surface area contributed by atoms with E-state index in [1.54, 1.807) is 0 Å². The maximum atomic E-state index is 13.8. The van der Waals surface area contributed by atoms with Gasteiger partial charge >= 0.3 is 0 Å². The van der Waals surface area contributed by atoms with Crippen LogP contribution in [0.1, 0.15) is 96.8 Å². The average Bonchev–Trinajstić information content (AvgIpc) is 2.84. The summed E-state index contributed by atoms with van der Waals surface area (Å²) >= 11 is 0. The molecular formula is C36H42N2O2. The maximum absolute atomic E-state index is 13.8. The van der Waals surface area contributed by atoms with Gasteiger partial charge in [-0.1, -0.05) is 70.2 Å². The van der Waals surface area contributed by atoms with Crippen molar-refractivity contribution in [1.82, 2.24) is 5.32 Å². The van der Waals surface area contributed by atoms with Crippen LogP contribution in [0.15, 0.2) is 77.1 Å². The third-order valence-corrected chi connectivity index (χ3v) is 9.24. The number of anilines is 1. The zero-order valence-electron chi connectivity index (χ0n) is 25.1. The van der Waals surface area contributed by atoms with Crippen molar-refractivity contribution in [3.05, 3.63) is 93.8 Å². The van der Waals surface area contributed by atoms with Gasteiger partial charge in [0.1, 0.15) is 0 Å². The van der Waals surface area contributed by atoms with Crippen LogP contribution in [-0.4, -0.2) is 17.1 Å². The van der Waals surface area contributed by atoms with Crippen molar-refractivity contribution in [1.29, 1.82) is 0 Å². The zero-order valence-corrected chi connectivity index (χ0v) is 25.1. The van der Waals surface area contributed by atoms with Gasteiger partial charge in [-0.3, -0.25) is 9.59 Å². The number of dihydropyridines is 1. The predicted molar refractivity (Wildman–Crippen MR) is 163 cm³/mol. The van der Waals surface area contributed by atoms with Gasteiger partial charge in [0.2, 0.25) is 0 Å². The number of rotatable bonds is 3. The number of nitrogens with one attached hydrogen (secondary N) is 1. The molecule has 4 aliphatic rings. The lowest BCUT2D eigenvalue weighted by Gasteiger charge is -2.45. The highest BCUT2D eigenvalue weighted by atomic mass is 16.1. The second-order valence-electron chi connectivity index (χ2n) is 14.6. The Bertz CT molecular complexity index is 1470. The molecule has 0 amide bonds. The first-order valence-electron chi connectivity index (χ1n) is 14.7. The predicted octanol–water partition coefficient (Wildman–Crippen LogP) is 7.86. The van der Waals surface area contributed by atoms with Crippen LogP contribution in [0.25, 0.3) is 5.57 Å². The molecule has 0 spiro atoms. The van der Waals surface area contributed by atoms with Crippen molar-refractivity contribution in [2.24, 2.45) is 10.8 Å². The van der Waals surface area contributed by atoms with Gasteiger partial charge in [0.05, 0.1) is 5.54 Å². The van der Waals surface area contributed by atoms with Crippen LogP contribution in [0.4, 0.5) is 5.69 Å². The van der Waals surface area contributed by atoms with Gasteiger partial charge in [0, 0.05) is 59.1 Å². The number of allylic oxidation sites excluding steroid dienone is 5. The van der Waals surface area contributed by atoms with Gasteiger partial charge in [-0.05, 0) is 73.3 Å². The molecular weight excluding hydrogens is 492 g/mol. The molecule has 2 aromatic carbocycles. The molecule has 4 heteroatoms. The van der Waals surface area contributed by atoms with Crippen LogP contribution in [0.5, 0.6) is 0 Å². The molecule has 6 rings (SSSR count). The molecule has 0 saturated heterocycles. The number of Topliss-reactive ketones (excluding diaryl/α,β-unsaturated/α-hetero) is 2. The average molecular weight is 535 g/mol. The first-order chi connectivity index (χ1) is 18.7. The summed E-state index contributed by atoms with van der Waals surface area (Å²) in [5.74, 6) is 0.0311. The molecule has 0 radical (unpaired) electrons. The highest BCUT2D eigenvalue weighted by molar-refractivity contribution is 6.07. The lowest BCUT2D eigenvalue weighted by molar-refractivity contribution is -0.119. The number of carbonyl (C=O) groups is 2. The standard InChI is InChI=1S/C36H42N2O2/c1-22-16-36(6,7)38(21-23-11-9-8-10-12-23)28-14-13-24(15-25(22)28)31-32-26(17-34(2,3)19-29(32)39)37-27-18-35(4,5)20-30(40)33(27)31/h8-16,31,37H,17-21H2,1-7H3. The van der Waals surface area contributed by atoms with E-state index in [1.807, 2.05) is 0 Å². The Balaban J connectivity index is 1.50. The van der Waals surface area contributed by atoms with Crippen LogP contribution in [0, 0.1) is 10.8 Å². The first-order valence-corrected chi connectivity index (χ1v) is 14.7. The quantitative estimate of drug-likeness (QED) is 0.435. The number of benzene rings is 2. The molecule has 2 aliphatic heterocycles. The molecule has 1 N–H and O–H groups in total. The van der Waals surface area contributed by atoms with Gasteiger partial charge < -0.3 is 10.2 Å². The summed E-state index contributed by atoms with van der Waals surface area (Å²) in [6.07, 6.45) is 5.00. The monoisotopic (exact) mass is 534 g/mol. The molecule has 0 unspecified atom stereocenters. The highest BCUT2D eigenvalue weighted by Gasteiger charge is 2.46. The molecule has 2 aliphatic carbocycles. The molecule has 4 nitrogen and oxygen atoms in total. The van der Waals surface area contributed by atoms with Crippen molar-refractivity contribution in [2.75, 3.05) is 4.90 Å². The fraction of sp³-hybridized carbons (Fsp3) is 0.444. The summed E-state index contributed by atoms with van der Waals surface area (Å²) in [6, 6.07) is 17.3. The Kier molecular flexibility index (Phi) is 6.07. The molecule has 208 valence electrons. The highest BCUT2D eigenvalue weighted by Crippen LogP contribution is 2.52. The largest absolute Gasteiger partial charge is 0.362 e. The van der Waals surface area contributed by atoms with E-state index in [-0.39, 0.29) is 33.9 Å². The Morgan fingerprint density at radius 1 is 0.800 bits per heavy atom. The minimum Gasteiger partial charge on any atom is -0.362 e. The SMILES string of the molecule is CC1=CC(C)(C)N(Cc2ccccc2)c2ccc(C3C4=C(CC(C)(C)CC4=O)NC4=C3C(=O)CC(C)(C)C4)cc21. The third kappa shape index (κ3) is 4.56. The summed E-state index contributed by atoms with van der Waals surface area (Å²) in [7, 11) is 0. The third-order valence-electron chi connectivity index (χ3n) is 9.24. The lowest BCUT2D eigenvalue weighted by atomic mass is 9.64. The van der Waals surface area contributed by atoms with E-state index in [0.717, 1.165) is 47.5 Å². The molecule has 0 aromatic heterocycles.